The number of nitrogens with one attached hydrogen (secondary N) is 2. The maximum absolute atomic E-state index is 12.7. The molecule has 1 aliphatic heterocycles. The molecule has 9 heteroatoms. The molecule has 8 nitrogen and oxygen atoms in total. The van der Waals surface area contributed by atoms with Gasteiger partial charge in [0.15, 0.2) is 5.13 Å². The molecule has 2 heterocycles. The van der Waals surface area contributed by atoms with Crippen LogP contribution in [0.2, 0.25) is 0 Å². The van der Waals surface area contributed by atoms with Gasteiger partial charge in [-0.3, -0.25) is 14.5 Å². The molecular weight excluding hydrogens is 462 g/mol. The van der Waals surface area contributed by atoms with Crippen LogP contribution in [0.15, 0.2) is 53.9 Å². The first-order valence-corrected chi connectivity index (χ1v) is 12.5. The molecule has 1 aliphatic rings. The number of ether oxygens (including phenoxy) is 1. The van der Waals surface area contributed by atoms with Crippen molar-refractivity contribution in [2.45, 2.75) is 19.9 Å². The lowest BCUT2D eigenvalue weighted by atomic mass is 10.1. The number of anilines is 3. The summed E-state index contributed by atoms with van der Waals surface area (Å²) in [5.41, 5.74) is 4.85. The number of nitrogens with zero attached hydrogens (tertiary/aromatic N) is 3. The largest absolute Gasteiger partial charge is 0.378 e. The Morgan fingerprint density at radius 1 is 1.09 bits per heavy atom. The highest BCUT2D eigenvalue weighted by Crippen LogP contribution is 2.25. The average molecular weight is 494 g/mol. The average Bonchev–Trinajstić information content (AvgIpc) is 3.33. The summed E-state index contributed by atoms with van der Waals surface area (Å²) in [5.74, 6) is -0.387. The molecule has 1 unspecified atom stereocenters. The van der Waals surface area contributed by atoms with Crippen molar-refractivity contribution in [1.29, 1.82) is 0 Å². The van der Waals surface area contributed by atoms with E-state index in [-0.39, 0.29) is 18.4 Å². The Hall–Kier alpha value is -3.27. The molecule has 4 rings (SSSR count). The van der Waals surface area contributed by atoms with Crippen molar-refractivity contribution in [1.82, 2.24) is 9.88 Å². The van der Waals surface area contributed by atoms with Crippen LogP contribution in [0.25, 0.3) is 11.3 Å². The van der Waals surface area contributed by atoms with Crippen LogP contribution in [0.1, 0.15) is 12.5 Å². The van der Waals surface area contributed by atoms with Gasteiger partial charge in [0.05, 0.1) is 31.5 Å². The number of morpholine rings is 1. The lowest BCUT2D eigenvalue weighted by Gasteiger charge is -2.29. The number of likely N-dealkylation sites (N-methyl/N-ethyl adjacent to an activating group) is 1. The Balaban J connectivity index is 1.26. The van der Waals surface area contributed by atoms with E-state index in [9.17, 15) is 9.59 Å². The summed E-state index contributed by atoms with van der Waals surface area (Å²) in [6.07, 6.45) is 0. The fraction of sp³-hybridized carbons (Fsp3) is 0.346. The minimum atomic E-state index is -0.504. The van der Waals surface area contributed by atoms with Gasteiger partial charge in [0.1, 0.15) is 0 Å². The molecule has 0 saturated carbocycles. The van der Waals surface area contributed by atoms with Gasteiger partial charge in [0, 0.05) is 35.4 Å². The van der Waals surface area contributed by atoms with Crippen LogP contribution in [0.3, 0.4) is 0 Å². The minimum absolute atomic E-state index is 0.0896. The van der Waals surface area contributed by atoms with Crippen LogP contribution in [-0.4, -0.2) is 67.6 Å². The number of benzene rings is 2. The number of carbonyl (C=O) groups excluding carboxylic acids is 2. The van der Waals surface area contributed by atoms with Crippen molar-refractivity contribution < 1.29 is 14.3 Å². The number of carbonyl (C=O) groups is 2. The van der Waals surface area contributed by atoms with Crippen LogP contribution in [0, 0.1) is 6.92 Å². The van der Waals surface area contributed by atoms with Gasteiger partial charge in [0.2, 0.25) is 11.8 Å². The van der Waals surface area contributed by atoms with E-state index in [2.05, 4.69) is 20.5 Å². The Kier molecular flexibility index (Phi) is 8.12. The molecule has 0 bridgehead atoms. The Labute approximate surface area is 209 Å². The zero-order valence-electron chi connectivity index (χ0n) is 20.3. The summed E-state index contributed by atoms with van der Waals surface area (Å²) in [6.45, 7) is 7.09. The lowest BCUT2D eigenvalue weighted by Crippen LogP contribution is -2.43. The molecule has 2 amide bonds. The molecule has 1 atom stereocenters. The SMILES string of the molecule is Cc1ccc(-c2csc(NC(=O)C(C)N(C)CC(=O)Nc3ccc(N4CCOCC4)cc3)n2)cc1. The normalized spacial score (nSPS) is 14.6. The number of rotatable bonds is 8. The summed E-state index contributed by atoms with van der Waals surface area (Å²) in [6, 6.07) is 15.4. The first kappa shape index (κ1) is 24.8. The van der Waals surface area contributed by atoms with Crippen molar-refractivity contribution >= 4 is 39.7 Å². The van der Waals surface area contributed by atoms with Gasteiger partial charge in [0.25, 0.3) is 0 Å². The number of aromatic nitrogens is 1. The van der Waals surface area contributed by atoms with Crippen molar-refractivity contribution in [3.63, 3.8) is 0 Å². The minimum Gasteiger partial charge on any atom is -0.378 e. The summed E-state index contributed by atoms with van der Waals surface area (Å²) in [5, 5.41) is 8.23. The van der Waals surface area contributed by atoms with Gasteiger partial charge in [-0.15, -0.1) is 11.3 Å². The van der Waals surface area contributed by atoms with E-state index in [1.807, 2.05) is 60.8 Å². The molecular formula is C26H31N5O3S. The van der Waals surface area contributed by atoms with E-state index < -0.39 is 6.04 Å². The van der Waals surface area contributed by atoms with Crippen molar-refractivity contribution in [2.75, 3.05) is 55.4 Å². The van der Waals surface area contributed by atoms with Crippen LogP contribution in [0.5, 0.6) is 0 Å². The van der Waals surface area contributed by atoms with Gasteiger partial charge in [-0.1, -0.05) is 29.8 Å². The molecule has 1 aromatic heterocycles. The summed E-state index contributed by atoms with van der Waals surface area (Å²) >= 11 is 1.38. The summed E-state index contributed by atoms with van der Waals surface area (Å²) in [4.78, 5) is 33.8. The second-order valence-corrected chi connectivity index (χ2v) is 9.54. The maximum Gasteiger partial charge on any atom is 0.243 e. The second kappa shape index (κ2) is 11.4. The highest BCUT2D eigenvalue weighted by Gasteiger charge is 2.21. The highest BCUT2D eigenvalue weighted by atomic mass is 32.1. The van der Waals surface area contributed by atoms with Gasteiger partial charge in [-0.25, -0.2) is 4.98 Å². The Bertz CT molecular complexity index is 1140. The third kappa shape index (κ3) is 6.66. The zero-order chi connectivity index (χ0) is 24.8. The molecule has 35 heavy (non-hydrogen) atoms. The molecule has 1 saturated heterocycles. The highest BCUT2D eigenvalue weighted by molar-refractivity contribution is 7.14. The smallest absolute Gasteiger partial charge is 0.243 e. The maximum atomic E-state index is 12.7. The summed E-state index contributed by atoms with van der Waals surface area (Å²) in [7, 11) is 1.75. The first-order valence-electron chi connectivity index (χ1n) is 11.7. The van der Waals surface area contributed by atoms with Crippen molar-refractivity contribution in [3.8, 4) is 11.3 Å². The molecule has 2 N–H and O–H groups in total. The monoisotopic (exact) mass is 493 g/mol. The lowest BCUT2D eigenvalue weighted by molar-refractivity contribution is -0.122. The number of amides is 2. The van der Waals surface area contributed by atoms with E-state index in [0.29, 0.717) is 5.13 Å². The van der Waals surface area contributed by atoms with Gasteiger partial charge >= 0.3 is 0 Å². The number of hydrogen-bond acceptors (Lipinski definition) is 7. The molecule has 0 aliphatic carbocycles. The van der Waals surface area contributed by atoms with Gasteiger partial charge in [-0.05, 0) is 45.2 Å². The number of thiazole rings is 1. The molecule has 2 aromatic carbocycles. The standard InChI is InChI=1S/C26H31N5O3S/c1-18-4-6-20(7-5-18)23-17-35-26(28-23)29-25(33)19(2)30(3)16-24(32)27-21-8-10-22(11-9-21)31-12-14-34-15-13-31/h4-11,17,19H,12-16H2,1-3H3,(H,27,32)(H,28,29,33). The van der Waals surface area contributed by atoms with E-state index in [0.717, 1.165) is 48.9 Å². The molecule has 184 valence electrons. The Morgan fingerprint density at radius 2 is 1.77 bits per heavy atom. The van der Waals surface area contributed by atoms with E-state index >= 15 is 0 Å². The quantitative estimate of drug-likeness (QED) is 0.496. The molecule has 1 fully saturated rings. The second-order valence-electron chi connectivity index (χ2n) is 8.68. The third-order valence-corrected chi connectivity index (χ3v) is 6.80. The predicted octanol–water partition coefficient (Wildman–Crippen LogP) is 3.85. The van der Waals surface area contributed by atoms with Crippen LogP contribution < -0.4 is 15.5 Å². The van der Waals surface area contributed by atoms with E-state index in [1.165, 1.54) is 16.9 Å². The third-order valence-electron chi connectivity index (χ3n) is 6.04. The van der Waals surface area contributed by atoms with Gasteiger partial charge in [-0.2, -0.15) is 0 Å². The van der Waals surface area contributed by atoms with E-state index in [1.54, 1.807) is 18.9 Å². The topological polar surface area (TPSA) is 86.8 Å². The molecule has 0 spiro atoms. The Morgan fingerprint density at radius 3 is 2.46 bits per heavy atom. The van der Waals surface area contributed by atoms with Crippen LogP contribution in [0.4, 0.5) is 16.5 Å². The molecule has 0 radical (unpaired) electrons. The van der Waals surface area contributed by atoms with Crippen LogP contribution >= 0.6 is 11.3 Å². The fourth-order valence-corrected chi connectivity index (χ4v) is 4.46. The first-order chi connectivity index (χ1) is 16.9. The van der Waals surface area contributed by atoms with Crippen molar-refractivity contribution in [2.24, 2.45) is 0 Å². The zero-order valence-corrected chi connectivity index (χ0v) is 21.1. The number of hydrogen-bond donors (Lipinski definition) is 2. The van der Waals surface area contributed by atoms with Crippen molar-refractivity contribution in [3.05, 3.63) is 59.5 Å². The fourth-order valence-electron chi connectivity index (χ4n) is 3.74. The predicted molar refractivity (Wildman–Crippen MR) is 141 cm³/mol. The summed E-state index contributed by atoms with van der Waals surface area (Å²) < 4.78 is 5.39. The van der Waals surface area contributed by atoms with Gasteiger partial charge < -0.3 is 20.3 Å². The number of aryl methyl sites for hydroxylation is 1. The molecule has 3 aromatic rings. The van der Waals surface area contributed by atoms with Crippen LogP contribution in [-0.2, 0) is 14.3 Å². The van der Waals surface area contributed by atoms with E-state index in [4.69, 9.17) is 4.74 Å².